The first-order valence-corrected chi connectivity index (χ1v) is 5.88. The van der Waals surface area contributed by atoms with Crippen molar-refractivity contribution in [3.8, 4) is 0 Å². The highest BCUT2D eigenvalue weighted by molar-refractivity contribution is 7.80. The van der Waals surface area contributed by atoms with Crippen LogP contribution in [-0.2, 0) is 0 Å². The summed E-state index contributed by atoms with van der Waals surface area (Å²) >= 11 is 11.0. The molecule has 0 saturated carbocycles. The third-order valence-corrected chi connectivity index (χ3v) is 2.75. The standard InChI is InChI=1S/C11H15ClN2OS/c1-2-14(7-8-15)11(16)13-10-5-3-9(12)4-6-10/h3-6,15H,2,7-8H2,1H3,(H,13,16). The molecule has 0 aliphatic heterocycles. The van der Waals surface area contributed by atoms with Crippen molar-refractivity contribution in [1.29, 1.82) is 0 Å². The van der Waals surface area contributed by atoms with Gasteiger partial charge in [0.2, 0.25) is 0 Å². The lowest BCUT2D eigenvalue weighted by atomic mass is 10.3. The average Bonchev–Trinajstić information content (AvgIpc) is 2.29. The van der Waals surface area contributed by atoms with Crippen molar-refractivity contribution in [2.45, 2.75) is 6.92 Å². The molecule has 1 aromatic rings. The highest BCUT2D eigenvalue weighted by Crippen LogP contribution is 2.13. The molecule has 88 valence electrons. The SMILES string of the molecule is CCN(CCO)C(=S)Nc1ccc(Cl)cc1. The van der Waals surface area contributed by atoms with Gasteiger partial charge in [-0.1, -0.05) is 11.6 Å². The molecule has 16 heavy (non-hydrogen) atoms. The fraction of sp³-hybridized carbons (Fsp3) is 0.364. The third-order valence-electron chi connectivity index (χ3n) is 2.13. The molecule has 0 aliphatic carbocycles. The lowest BCUT2D eigenvalue weighted by Gasteiger charge is -2.23. The number of benzene rings is 1. The Kier molecular flexibility index (Phi) is 5.52. The number of halogens is 1. The maximum absolute atomic E-state index is 8.87. The van der Waals surface area contributed by atoms with Crippen LogP contribution in [0.15, 0.2) is 24.3 Å². The summed E-state index contributed by atoms with van der Waals surface area (Å²) in [6, 6.07) is 7.33. The Bertz CT molecular complexity index is 342. The lowest BCUT2D eigenvalue weighted by Crippen LogP contribution is -2.36. The molecule has 0 atom stereocenters. The number of thiocarbonyl (C=S) groups is 1. The molecule has 2 N–H and O–H groups in total. The van der Waals surface area contributed by atoms with Gasteiger partial charge in [-0.05, 0) is 43.4 Å². The highest BCUT2D eigenvalue weighted by atomic mass is 35.5. The van der Waals surface area contributed by atoms with Crippen LogP contribution in [0.1, 0.15) is 6.92 Å². The second-order valence-electron chi connectivity index (χ2n) is 3.24. The number of hydrogen-bond donors (Lipinski definition) is 2. The average molecular weight is 259 g/mol. The van der Waals surface area contributed by atoms with Crippen molar-refractivity contribution in [1.82, 2.24) is 4.90 Å². The number of nitrogens with zero attached hydrogens (tertiary/aromatic N) is 1. The number of anilines is 1. The van der Waals surface area contributed by atoms with E-state index < -0.39 is 0 Å². The predicted molar refractivity (Wildman–Crippen MR) is 72.0 cm³/mol. The molecule has 1 rings (SSSR count). The minimum absolute atomic E-state index is 0.0935. The number of aliphatic hydroxyl groups is 1. The molecule has 0 aliphatic rings. The van der Waals surface area contributed by atoms with Crippen LogP contribution in [0.3, 0.4) is 0 Å². The van der Waals surface area contributed by atoms with Gasteiger partial charge in [-0.2, -0.15) is 0 Å². The second kappa shape index (κ2) is 6.68. The van der Waals surface area contributed by atoms with E-state index in [9.17, 15) is 0 Å². The van der Waals surface area contributed by atoms with Gasteiger partial charge in [0.05, 0.1) is 6.61 Å². The van der Waals surface area contributed by atoms with E-state index in [4.69, 9.17) is 28.9 Å². The number of hydrogen-bond acceptors (Lipinski definition) is 2. The van der Waals surface area contributed by atoms with Crippen molar-refractivity contribution >= 4 is 34.6 Å². The maximum Gasteiger partial charge on any atom is 0.173 e. The van der Waals surface area contributed by atoms with Gasteiger partial charge in [-0.15, -0.1) is 0 Å². The van der Waals surface area contributed by atoms with Gasteiger partial charge < -0.3 is 15.3 Å². The summed E-state index contributed by atoms with van der Waals surface area (Å²) in [5.41, 5.74) is 0.894. The van der Waals surface area contributed by atoms with Gasteiger partial charge >= 0.3 is 0 Å². The van der Waals surface area contributed by atoms with Crippen LogP contribution in [0.25, 0.3) is 0 Å². The minimum Gasteiger partial charge on any atom is -0.395 e. The lowest BCUT2D eigenvalue weighted by molar-refractivity contribution is 0.254. The topological polar surface area (TPSA) is 35.5 Å². The van der Waals surface area contributed by atoms with Gasteiger partial charge in [0.1, 0.15) is 0 Å². The van der Waals surface area contributed by atoms with Crippen molar-refractivity contribution in [3.05, 3.63) is 29.3 Å². The van der Waals surface area contributed by atoms with E-state index in [0.29, 0.717) is 16.7 Å². The largest absolute Gasteiger partial charge is 0.395 e. The molecule has 0 spiro atoms. The third kappa shape index (κ3) is 3.96. The van der Waals surface area contributed by atoms with E-state index in [1.807, 2.05) is 24.0 Å². The predicted octanol–water partition coefficient (Wildman–Crippen LogP) is 2.35. The van der Waals surface area contributed by atoms with Crippen LogP contribution in [0, 0.1) is 0 Å². The summed E-state index contributed by atoms with van der Waals surface area (Å²) in [5.74, 6) is 0. The van der Waals surface area contributed by atoms with Gasteiger partial charge in [0.15, 0.2) is 5.11 Å². The summed E-state index contributed by atoms with van der Waals surface area (Å²) in [6.45, 7) is 3.39. The minimum atomic E-state index is 0.0935. The van der Waals surface area contributed by atoms with E-state index >= 15 is 0 Å². The molecule has 0 bridgehead atoms. The molecule has 0 saturated heterocycles. The van der Waals surface area contributed by atoms with Crippen LogP contribution in [0.2, 0.25) is 5.02 Å². The summed E-state index contributed by atoms with van der Waals surface area (Å²) in [7, 11) is 0. The van der Waals surface area contributed by atoms with E-state index in [1.54, 1.807) is 12.1 Å². The zero-order valence-electron chi connectivity index (χ0n) is 9.11. The number of rotatable bonds is 4. The maximum atomic E-state index is 8.87. The van der Waals surface area contributed by atoms with Crippen molar-refractivity contribution in [2.75, 3.05) is 25.0 Å². The first-order valence-electron chi connectivity index (χ1n) is 5.09. The van der Waals surface area contributed by atoms with Crippen LogP contribution in [0.4, 0.5) is 5.69 Å². The number of nitrogens with one attached hydrogen (secondary N) is 1. The number of likely N-dealkylation sites (N-methyl/N-ethyl adjacent to an activating group) is 1. The zero-order chi connectivity index (χ0) is 12.0. The van der Waals surface area contributed by atoms with Crippen molar-refractivity contribution in [2.24, 2.45) is 0 Å². The molecule has 0 amide bonds. The Balaban J connectivity index is 2.59. The van der Waals surface area contributed by atoms with Gasteiger partial charge in [0.25, 0.3) is 0 Å². The van der Waals surface area contributed by atoms with E-state index in [-0.39, 0.29) is 6.61 Å². The van der Waals surface area contributed by atoms with Gasteiger partial charge in [-0.3, -0.25) is 0 Å². The summed E-state index contributed by atoms with van der Waals surface area (Å²) < 4.78 is 0. The summed E-state index contributed by atoms with van der Waals surface area (Å²) in [5, 5.41) is 13.3. The van der Waals surface area contributed by atoms with E-state index in [2.05, 4.69) is 5.32 Å². The van der Waals surface area contributed by atoms with Crippen molar-refractivity contribution < 1.29 is 5.11 Å². The Morgan fingerprint density at radius 2 is 2.06 bits per heavy atom. The molecule has 0 radical (unpaired) electrons. The Morgan fingerprint density at radius 1 is 1.44 bits per heavy atom. The van der Waals surface area contributed by atoms with Crippen LogP contribution < -0.4 is 5.32 Å². The Morgan fingerprint density at radius 3 is 2.56 bits per heavy atom. The van der Waals surface area contributed by atoms with Crippen LogP contribution in [0.5, 0.6) is 0 Å². The summed E-state index contributed by atoms with van der Waals surface area (Å²) in [6.07, 6.45) is 0. The van der Waals surface area contributed by atoms with Gasteiger partial charge in [0, 0.05) is 23.8 Å². The molecular formula is C11H15ClN2OS. The normalized spacial score (nSPS) is 9.94. The molecule has 0 unspecified atom stereocenters. The van der Waals surface area contributed by atoms with E-state index in [0.717, 1.165) is 12.2 Å². The molecule has 0 fully saturated rings. The Labute approximate surface area is 106 Å². The first kappa shape index (κ1) is 13.2. The molecule has 3 nitrogen and oxygen atoms in total. The molecule has 1 aromatic carbocycles. The number of aliphatic hydroxyl groups excluding tert-OH is 1. The fourth-order valence-corrected chi connectivity index (χ4v) is 1.72. The van der Waals surface area contributed by atoms with Gasteiger partial charge in [-0.25, -0.2) is 0 Å². The van der Waals surface area contributed by atoms with Crippen LogP contribution >= 0.6 is 23.8 Å². The zero-order valence-corrected chi connectivity index (χ0v) is 10.7. The monoisotopic (exact) mass is 258 g/mol. The van der Waals surface area contributed by atoms with Crippen molar-refractivity contribution in [3.63, 3.8) is 0 Å². The second-order valence-corrected chi connectivity index (χ2v) is 4.06. The van der Waals surface area contributed by atoms with Crippen LogP contribution in [-0.4, -0.2) is 34.8 Å². The molecule has 0 heterocycles. The fourth-order valence-electron chi connectivity index (χ4n) is 1.26. The Hall–Kier alpha value is -0.840. The summed E-state index contributed by atoms with van der Waals surface area (Å²) in [4.78, 5) is 1.89. The first-order chi connectivity index (χ1) is 7.67. The molecule has 0 aromatic heterocycles. The highest BCUT2D eigenvalue weighted by Gasteiger charge is 2.06. The quantitative estimate of drug-likeness (QED) is 0.813. The molecular weight excluding hydrogens is 244 g/mol. The van der Waals surface area contributed by atoms with E-state index in [1.165, 1.54) is 0 Å². The molecule has 5 heteroatoms. The smallest absolute Gasteiger partial charge is 0.173 e.